The summed E-state index contributed by atoms with van der Waals surface area (Å²) >= 11 is 0. The van der Waals surface area contributed by atoms with E-state index in [2.05, 4.69) is 18.9 Å². The Morgan fingerprint density at radius 1 is 1.45 bits per heavy atom. The molecule has 11 heavy (non-hydrogen) atoms. The van der Waals surface area contributed by atoms with E-state index in [0.717, 1.165) is 12.6 Å². The van der Waals surface area contributed by atoms with Crippen LogP contribution in [0.4, 0.5) is 0 Å². The van der Waals surface area contributed by atoms with Gasteiger partial charge >= 0.3 is 0 Å². The highest BCUT2D eigenvalue weighted by atomic mass is 16.5. The van der Waals surface area contributed by atoms with E-state index in [-0.39, 0.29) is 0 Å². The average Bonchev–Trinajstić information content (AvgIpc) is 1.99. The molecule has 0 saturated carbocycles. The molecular weight excluding hydrogens is 138 g/mol. The Morgan fingerprint density at radius 3 is 2.82 bits per heavy atom. The highest BCUT2D eigenvalue weighted by Crippen LogP contribution is 2.20. The van der Waals surface area contributed by atoms with Gasteiger partial charge in [0.2, 0.25) is 0 Å². The molecule has 1 saturated heterocycles. The van der Waals surface area contributed by atoms with Gasteiger partial charge in [-0.25, -0.2) is 0 Å². The third-order valence-corrected chi connectivity index (χ3v) is 2.79. The number of methoxy groups -OCH3 is 1. The van der Waals surface area contributed by atoms with E-state index >= 15 is 0 Å². The predicted octanol–water partition coefficient (Wildman–Crippen LogP) is 1.51. The lowest BCUT2D eigenvalue weighted by molar-refractivity contribution is 0.0540. The Hall–Kier alpha value is -0.0800. The first-order chi connectivity index (χ1) is 5.25. The fraction of sp³-hybridized carbons (Fsp3) is 1.00. The first-order valence-electron chi connectivity index (χ1n) is 4.46. The van der Waals surface area contributed by atoms with Gasteiger partial charge in [-0.3, -0.25) is 4.90 Å². The second-order valence-corrected chi connectivity index (χ2v) is 3.55. The first-order valence-corrected chi connectivity index (χ1v) is 4.46. The van der Waals surface area contributed by atoms with Crippen molar-refractivity contribution in [3.05, 3.63) is 0 Å². The summed E-state index contributed by atoms with van der Waals surface area (Å²) in [5, 5.41) is 0. The van der Waals surface area contributed by atoms with Crippen LogP contribution in [0.2, 0.25) is 0 Å². The van der Waals surface area contributed by atoms with Crippen LogP contribution in [0.25, 0.3) is 0 Å². The van der Waals surface area contributed by atoms with Crippen LogP contribution in [-0.4, -0.2) is 37.7 Å². The number of nitrogens with zero attached hydrogens (tertiary/aromatic N) is 1. The maximum Gasteiger partial charge on any atom is 0.0618 e. The zero-order valence-corrected chi connectivity index (χ0v) is 7.84. The van der Waals surface area contributed by atoms with Gasteiger partial charge in [-0.15, -0.1) is 0 Å². The van der Waals surface area contributed by atoms with E-state index in [0.29, 0.717) is 6.04 Å². The highest BCUT2D eigenvalue weighted by Gasteiger charge is 2.23. The van der Waals surface area contributed by atoms with Gasteiger partial charge in [0.05, 0.1) is 6.61 Å². The monoisotopic (exact) mass is 157 g/mol. The first kappa shape index (κ1) is 9.01. The van der Waals surface area contributed by atoms with Crippen LogP contribution in [0.3, 0.4) is 0 Å². The average molecular weight is 157 g/mol. The number of hydrogen-bond acceptors (Lipinski definition) is 2. The molecule has 66 valence electrons. The Bertz CT molecular complexity index is 114. The van der Waals surface area contributed by atoms with Crippen LogP contribution in [0.15, 0.2) is 0 Å². The van der Waals surface area contributed by atoms with E-state index in [1.807, 2.05) is 0 Å². The number of ether oxygens (including phenoxy) is 1. The van der Waals surface area contributed by atoms with Crippen LogP contribution in [-0.2, 0) is 4.74 Å². The van der Waals surface area contributed by atoms with Gasteiger partial charge in [-0.05, 0) is 26.8 Å². The molecule has 0 aliphatic carbocycles. The van der Waals surface area contributed by atoms with Crippen LogP contribution >= 0.6 is 0 Å². The summed E-state index contributed by atoms with van der Waals surface area (Å²) < 4.78 is 5.16. The summed E-state index contributed by atoms with van der Waals surface area (Å²) in [6.07, 6.45) is 4.00. The standard InChI is InChI=1S/C9H19NO/c1-8-5-4-6-9(7-11-3)10(8)2/h8-9H,4-7H2,1-3H3. The van der Waals surface area contributed by atoms with Crippen molar-refractivity contribution < 1.29 is 4.74 Å². The van der Waals surface area contributed by atoms with Gasteiger partial charge < -0.3 is 4.74 Å². The van der Waals surface area contributed by atoms with Crippen molar-refractivity contribution in [1.82, 2.24) is 4.90 Å². The fourth-order valence-corrected chi connectivity index (χ4v) is 1.81. The van der Waals surface area contributed by atoms with E-state index in [1.54, 1.807) is 7.11 Å². The smallest absolute Gasteiger partial charge is 0.0618 e. The van der Waals surface area contributed by atoms with Crippen molar-refractivity contribution in [2.45, 2.75) is 38.3 Å². The van der Waals surface area contributed by atoms with Crippen molar-refractivity contribution in [3.63, 3.8) is 0 Å². The molecule has 0 N–H and O–H groups in total. The maximum atomic E-state index is 5.16. The minimum Gasteiger partial charge on any atom is -0.383 e. The Balaban J connectivity index is 2.38. The minimum absolute atomic E-state index is 0.656. The molecule has 2 nitrogen and oxygen atoms in total. The molecule has 0 amide bonds. The normalized spacial score (nSPS) is 34.1. The zero-order chi connectivity index (χ0) is 8.27. The van der Waals surface area contributed by atoms with Gasteiger partial charge in [0.15, 0.2) is 0 Å². The van der Waals surface area contributed by atoms with Crippen LogP contribution in [0, 0.1) is 0 Å². The van der Waals surface area contributed by atoms with Gasteiger partial charge in [-0.1, -0.05) is 6.42 Å². The number of piperidine rings is 1. The predicted molar refractivity (Wildman–Crippen MR) is 46.7 cm³/mol. The molecule has 1 heterocycles. The van der Waals surface area contributed by atoms with Crippen LogP contribution in [0.5, 0.6) is 0 Å². The molecule has 1 aliphatic rings. The second kappa shape index (κ2) is 4.07. The molecule has 2 unspecified atom stereocenters. The molecule has 0 radical (unpaired) electrons. The van der Waals surface area contributed by atoms with Crippen molar-refractivity contribution in [1.29, 1.82) is 0 Å². The Labute approximate surface area is 69.5 Å². The Kier molecular flexibility index (Phi) is 3.34. The molecule has 2 heteroatoms. The van der Waals surface area contributed by atoms with Gasteiger partial charge in [0, 0.05) is 19.2 Å². The topological polar surface area (TPSA) is 12.5 Å². The summed E-state index contributed by atoms with van der Waals surface area (Å²) in [5.41, 5.74) is 0. The highest BCUT2D eigenvalue weighted by molar-refractivity contribution is 4.79. The van der Waals surface area contributed by atoms with Crippen molar-refractivity contribution in [2.75, 3.05) is 20.8 Å². The summed E-state index contributed by atoms with van der Waals surface area (Å²) in [4.78, 5) is 2.44. The van der Waals surface area contributed by atoms with Gasteiger partial charge in [-0.2, -0.15) is 0 Å². The number of likely N-dealkylation sites (tertiary alicyclic amines) is 1. The maximum absolute atomic E-state index is 5.16. The molecular formula is C9H19NO. The van der Waals surface area contributed by atoms with Crippen molar-refractivity contribution >= 4 is 0 Å². The van der Waals surface area contributed by atoms with Gasteiger partial charge in [0.25, 0.3) is 0 Å². The third-order valence-electron chi connectivity index (χ3n) is 2.79. The lowest BCUT2D eigenvalue weighted by atomic mass is 9.98. The molecule has 1 aliphatic heterocycles. The molecule has 0 aromatic rings. The van der Waals surface area contributed by atoms with Crippen LogP contribution < -0.4 is 0 Å². The van der Waals surface area contributed by atoms with E-state index in [9.17, 15) is 0 Å². The van der Waals surface area contributed by atoms with Crippen molar-refractivity contribution in [3.8, 4) is 0 Å². The summed E-state index contributed by atoms with van der Waals surface area (Å²) in [6, 6.07) is 1.40. The number of rotatable bonds is 2. The summed E-state index contributed by atoms with van der Waals surface area (Å²) in [5.74, 6) is 0. The summed E-state index contributed by atoms with van der Waals surface area (Å²) in [6.45, 7) is 3.18. The van der Waals surface area contributed by atoms with E-state index in [4.69, 9.17) is 4.74 Å². The molecule has 2 atom stereocenters. The minimum atomic E-state index is 0.656. The molecule has 0 aromatic heterocycles. The largest absolute Gasteiger partial charge is 0.383 e. The Morgan fingerprint density at radius 2 is 2.18 bits per heavy atom. The molecule has 1 rings (SSSR count). The van der Waals surface area contributed by atoms with Crippen LogP contribution in [0.1, 0.15) is 26.2 Å². The van der Waals surface area contributed by atoms with E-state index in [1.165, 1.54) is 19.3 Å². The third kappa shape index (κ3) is 2.17. The lowest BCUT2D eigenvalue weighted by Gasteiger charge is -2.37. The molecule has 0 bridgehead atoms. The molecule has 1 fully saturated rings. The second-order valence-electron chi connectivity index (χ2n) is 3.55. The van der Waals surface area contributed by atoms with Crippen molar-refractivity contribution in [2.24, 2.45) is 0 Å². The quantitative estimate of drug-likeness (QED) is 0.602. The summed E-state index contributed by atoms with van der Waals surface area (Å²) in [7, 11) is 3.99. The molecule has 0 aromatic carbocycles. The number of likely N-dealkylation sites (N-methyl/N-ethyl adjacent to an activating group) is 1. The molecule has 0 spiro atoms. The number of hydrogen-bond donors (Lipinski definition) is 0. The zero-order valence-electron chi connectivity index (χ0n) is 7.84. The van der Waals surface area contributed by atoms with Gasteiger partial charge in [0.1, 0.15) is 0 Å². The fourth-order valence-electron chi connectivity index (χ4n) is 1.81. The lowest BCUT2D eigenvalue weighted by Crippen LogP contribution is -2.44. The SMILES string of the molecule is COCC1CCCC(C)N1C. The van der Waals surface area contributed by atoms with E-state index < -0.39 is 0 Å².